The largest absolute Gasteiger partial charge is 0.419 e. The fourth-order valence-electron chi connectivity index (χ4n) is 2.57. The van der Waals surface area contributed by atoms with Crippen molar-refractivity contribution in [3.05, 3.63) is 53.1 Å². The Labute approximate surface area is 146 Å². The van der Waals surface area contributed by atoms with E-state index in [0.29, 0.717) is 23.3 Å². The molecule has 7 heteroatoms. The van der Waals surface area contributed by atoms with Gasteiger partial charge in [0.15, 0.2) is 0 Å². The van der Waals surface area contributed by atoms with E-state index in [1.807, 2.05) is 48.3 Å². The Bertz CT molecular complexity index is 798. The van der Waals surface area contributed by atoms with E-state index in [2.05, 4.69) is 27.1 Å². The molecule has 126 valence electrons. The normalized spacial score (nSPS) is 11.3. The number of aryl methyl sites for hydroxylation is 1. The third-order valence-electron chi connectivity index (χ3n) is 3.78. The lowest BCUT2D eigenvalue weighted by Crippen LogP contribution is -2.25. The molecule has 3 rings (SSSR count). The molecule has 0 radical (unpaired) electrons. The van der Waals surface area contributed by atoms with Gasteiger partial charge in [-0.1, -0.05) is 30.7 Å². The molecule has 0 spiro atoms. The van der Waals surface area contributed by atoms with Crippen molar-refractivity contribution >= 4 is 11.6 Å². The van der Waals surface area contributed by atoms with Gasteiger partial charge >= 0.3 is 0 Å². The fourth-order valence-corrected chi connectivity index (χ4v) is 2.78. The van der Waals surface area contributed by atoms with Crippen LogP contribution in [-0.2, 0) is 20.1 Å². The van der Waals surface area contributed by atoms with E-state index >= 15 is 0 Å². The fraction of sp³-hybridized carbons (Fsp3) is 0.353. The summed E-state index contributed by atoms with van der Waals surface area (Å²) in [4.78, 5) is 2.26. The highest BCUT2D eigenvalue weighted by Crippen LogP contribution is 2.26. The number of aromatic nitrogens is 4. The van der Waals surface area contributed by atoms with E-state index in [0.717, 1.165) is 30.8 Å². The first kappa shape index (κ1) is 16.7. The number of hydrogen-bond donors (Lipinski definition) is 0. The Morgan fingerprint density at radius 3 is 2.71 bits per heavy atom. The molecule has 2 aromatic heterocycles. The Morgan fingerprint density at radius 1 is 1.17 bits per heavy atom. The van der Waals surface area contributed by atoms with Crippen molar-refractivity contribution in [2.75, 3.05) is 6.54 Å². The van der Waals surface area contributed by atoms with Gasteiger partial charge in [-0.2, -0.15) is 5.10 Å². The highest BCUT2D eigenvalue weighted by Gasteiger charge is 2.15. The summed E-state index contributed by atoms with van der Waals surface area (Å²) in [7, 11) is 1.95. The number of nitrogens with zero attached hydrogens (tertiary/aromatic N) is 5. The van der Waals surface area contributed by atoms with Crippen LogP contribution in [0, 0.1) is 0 Å². The van der Waals surface area contributed by atoms with Crippen LogP contribution in [0.15, 0.2) is 40.9 Å². The predicted octanol–water partition coefficient (Wildman–Crippen LogP) is 3.54. The number of rotatable bonds is 7. The first-order valence-electron chi connectivity index (χ1n) is 7.94. The summed E-state index contributed by atoms with van der Waals surface area (Å²) in [6.45, 7) is 4.47. The zero-order chi connectivity index (χ0) is 16.9. The van der Waals surface area contributed by atoms with Crippen molar-refractivity contribution in [2.24, 2.45) is 7.05 Å². The molecule has 2 heterocycles. The second-order valence-corrected chi connectivity index (χ2v) is 6.04. The summed E-state index contributed by atoms with van der Waals surface area (Å²) in [5, 5.41) is 13.1. The quantitative estimate of drug-likeness (QED) is 0.655. The summed E-state index contributed by atoms with van der Waals surface area (Å²) >= 11 is 6.19. The van der Waals surface area contributed by atoms with E-state index in [1.165, 1.54) is 0 Å². The highest BCUT2D eigenvalue weighted by atomic mass is 35.5. The molecular weight excluding hydrogens is 326 g/mol. The zero-order valence-corrected chi connectivity index (χ0v) is 14.6. The number of hydrogen-bond acceptors (Lipinski definition) is 5. The van der Waals surface area contributed by atoms with Crippen LogP contribution in [0.25, 0.3) is 11.5 Å². The van der Waals surface area contributed by atoms with Crippen LogP contribution in [0.3, 0.4) is 0 Å². The minimum absolute atomic E-state index is 0.451. The van der Waals surface area contributed by atoms with E-state index in [4.69, 9.17) is 16.0 Å². The molecule has 3 aromatic rings. The molecule has 6 nitrogen and oxygen atoms in total. The Morgan fingerprint density at radius 2 is 2.00 bits per heavy atom. The minimum atomic E-state index is 0.451. The number of halogens is 1. The van der Waals surface area contributed by atoms with Gasteiger partial charge in [0.2, 0.25) is 11.8 Å². The Kier molecular flexibility index (Phi) is 5.27. The predicted molar refractivity (Wildman–Crippen MR) is 92.4 cm³/mol. The van der Waals surface area contributed by atoms with Gasteiger partial charge in [-0.15, -0.1) is 10.2 Å². The maximum Gasteiger partial charge on any atom is 0.249 e. The Balaban J connectivity index is 1.74. The van der Waals surface area contributed by atoms with E-state index in [1.54, 1.807) is 0 Å². The second-order valence-electron chi connectivity index (χ2n) is 5.64. The maximum atomic E-state index is 6.19. The lowest BCUT2D eigenvalue weighted by molar-refractivity contribution is 0.226. The molecular formula is C17H20ClN5O. The maximum absolute atomic E-state index is 6.19. The van der Waals surface area contributed by atoms with Crippen molar-refractivity contribution in [1.82, 2.24) is 24.9 Å². The van der Waals surface area contributed by atoms with Crippen LogP contribution in [-0.4, -0.2) is 31.4 Å². The van der Waals surface area contributed by atoms with Crippen molar-refractivity contribution in [1.29, 1.82) is 0 Å². The third-order valence-corrected chi connectivity index (χ3v) is 4.11. The molecule has 0 N–H and O–H groups in total. The molecule has 0 aliphatic heterocycles. The van der Waals surface area contributed by atoms with Gasteiger partial charge in [-0.05, 0) is 31.2 Å². The summed E-state index contributed by atoms with van der Waals surface area (Å²) in [5.74, 6) is 1.04. The first-order chi connectivity index (χ1) is 11.7. The molecule has 24 heavy (non-hydrogen) atoms. The van der Waals surface area contributed by atoms with Crippen LogP contribution < -0.4 is 0 Å². The van der Waals surface area contributed by atoms with Crippen molar-refractivity contribution < 1.29 is 4.42 Å². The lowest BCUT2D eigenvalue weighted by atomic mass is 10.2. The lowest BCUT2D eigenvalue weighted by Gasteiger charge is -2.19. The highest BCUT2D eigenvalue weighted by molar-refractivity contribution is 6.33. The Hall–Kier alpha value is -2.18. The van der Waals surface area contributed by atoms with Gasteiger partial charge in [-0.3, -0.25) is 9.58 Å². The van der Waals surface area contributed by atoms with Gasteiger partial charge in [0.25, 0.3) is 0 Å². The van der Waals surface area contributed by atoms with E-state index < -0.39 is 0 Å². The van der Waals surface area contributed by atoms with Gasteiger partial charge in [0, 0.05) is 19.8 Å². The SMILES string of the molecule is CCCN(Cc1nnc(-c2ccccc2Cl)o1)Cc1ccnn1C. The average Bonchev–Trinajstić information content (AvgIpc) is 3.18. The van der Waals surface area contributed by atoms with Gasteiger partial charge in [0.1, 0.15) is 0 Å². The molecule has 1 aromatic carbocycles. The van der Waals surface area contributed by atoms with E-state index in [-0.39, 0.29) is 0 Å². The zero-order valence-electron chi connectivity index (χ0n) is 13.8. The molecule has 0 aliphatic rings. The smallest absolute Gasteiger partial charge is 0.249 e. The van der Waals surface area contributed by atoms with Crippen LogP contribution in [0.2, 0.25) is 5.02 Å². The topological polar surface area (TPSA) is 60.0 Å². The summed E-state index contributed by atoms with van der Waals surface area (Å²) in [6.07, 6.45) is 2.85. The molecule has 0 saturated heterocycles. The average molecular weight is 346 g/mol. The summed E-state index contributed by atoms with van der Waals surface area (Å²) < 4.78 is 7.69. The molecule has 0 fully saturated rings. The monoisotopic (exact) mass is 345 g/mol. The molecule has 0 amide bonds. The minimum Gasteiger partial charge on any atom is -0.419 e. The standard InChI is InChI=1S/C17H20ClN5O/c1-3-10-23(11-13-8-9-19-22(13)2)12-16-20-21-17(24-16)14-6-4-5-7-15(14)18/h4-9H,3,10-12H2,1-2H3. The summed E-state index contributed by atoms with van der Waals surface area (Å²) in [5.41, 5.74) is 1.90. The van der Waals surface area contributed by atoms with Crippen molar-refractivity contribution in [3.63, 3.8) is 0 Å². The first-order valence-corrected chi connectivity index (χ1v) is 8.31. The molecule has 0 aliphatic carbocycles. The van der Waals surface area contributed by atoms with E-state index in [9.17, 15) is 0 Å². The van der Waals surface area contributed by atoms with Crippen molar-refractivity contribution in [3.8, 4) is 11.5 Å². The third kappa shape index (κ3) is 3.83. The van der Waals surface area contributed by atoms with Crippen molar-refractivity contribution in [2.45, 2.75) is 26.4 Å². The molecule has 0 saturated carbocycles. The van der Waals surface area contributed by atoms with Crippen LogP contribution in [0.1, 0.15) is 24.9 Å². The van der Waals surface area contributed by atoms with Gasteiger partial charge < -0.3 is 4.42 Å². The second kappa shape index (κ2) is 7.59. The molecule has 0 bridgehead atoms. The van der Waals surface area contributed by atoms with Crippen LogP contribution >= 0.6 is 11.6 Å². The summed E-state index contributed by atoms with van der Waals surface area (Å²) in [6, 6.07) is 9.48. The van der Waals surface area contributed by atoms with Crippen LogP contribution in [0.4, 0.5) is 0 Å². The number of benzene rings is 1. The van der Waals surface area contributed by atoms with Gasteiger partial charge in [0.05, 0.1) is 22.8 Å². The molecule has 0 unspecified atom stereocenters. The van der Waals surface area contributed by atoms with Crippen LogP contribution in [0.5, 0.6) is 0 Å². The molecule has 0 atom stereocenters. The van der Waals surface area contributed by atoms with Gasteiger partial charge in [-0.25, -0.2) is 0 Å².